The zero-order chi connectivity index (χ0) is 11.9. The van der Waals surface area contributed by atoms with Crippen LogP contribution in [0.2, 0.25) is 0 Å². The summed E-state index contributed by atoms with van der Waals surface area (Å²) in [5.74, 6) is 0. The maximum absolute atomic E-state index is 5.98. The van der Waals surface area contributed by atoms with E-state index in [0.717, 1.165) is 5.69 Å². The van der Waals surface area contributed by atoms with Gasteiger partial charge in [0.25, 0.3) is 0 Å². The summed E-state index contributed by atoms with van der Waals surface area (Å²) >= 11 is 0. The van der Waals surface area contributed by atoms with E-state index in [1.807, 2.05) is 0 Å². The third-order valence-electron chi connectivity index (χ3n) is 4.59. The lowest BCUT2D eigenvalue weighted by atomic mass is 9.68. The van der Waals surface area contributed by atoms with E-state index in [1.54, 1.807) is 0 Å². The van der Waals surface area contributed by atoms with Crippen LogP contribution in [0.25, 0.3) is 0 Å². The van der Waals surface area contributed by atoms with Gasteiger partial charge in [0.1, 0.15) is 0 Å². The Bertz CT molecular complexity index is 411. The van der Waals surface area contributed by atoms with Gasteiger partial charge in [0.05, 0.1) is 0 Å². The van der Waals surface area contributed by atoms with Gasteiger partial charge in [0.15, 0.2) is 0 Å². The van der Waals surface area contributed by atoms with Crippen LogP contribution in [0, 0.1) is 12.3 Å². The van der Waals surface area contributed by atoms with E-state index < -0.39 is 0 Å². The molecule has 3 rings (SSSR count). The van der Waals surface area contributed by atoms with Gasteiger partial charge in [0, 0.05) is 29.9 Å². The van der Waals surface area contributed by atoms with Crippen LogP contribution in [0.3, 0.4) is 0 Å². The summed E-state index contributed by atoms with van der Waals surface area (Å²) in [6, 6.07) is 6.48. The van der Waals surface area contributed by atoms with Crippen molar-refractivity contribution in [1.29, 1.82) is 0 Å². The van der Waals surface area contributed by atoms with E-state index in [0.29, 0.717) is 5.41 Å². The van der Waals surface area contributed by atoms with E-state index in [9.17, 15) is 0 Å². The molecule has 1 aromatic carbocycles. The molecule has 0 unspecified atom stereocenters. The lowest BCUT2D eigenvalue weighted by molar-refractivity contribution is 0.139. The number of hydrogen-bond acceptors (Lipinski definition) is 2. The highest BCUT2D eigenvalue weighted by atomic mass is 15.2. The quantitative estimate of drug-likeness (QED) is 0.750. The zero-order valence-corrected chi connectivity index (χ0v) is 10.7. The van der Waals surface area contributed by atoms with Gasteiger partial charge >= 0.3 is 0 Å². The molecule has 17 heavy (non-hydrogen) atoms. The molecule has 2 nitrogen and oxygen atoms in total. The van der Waals surface area contributed by atoms with Crippen LogP contribution in [0.4, 0.5) is 11.4 Å². The predicted molar refractivity (Wildman–Crippen MR) is 73.3 cm³/mol. The van der Waals surface area contributed by atoms with Crippen molar-refractivity contribution in [3.63, 3.8) is 0 Å². The Hall–Kier alpha value is -1.18. The van der Waals surface area contributed by atoms with Gasteiger partial charge in [-0.2, -0.15) is 0 Å². The Morgan fingerprint density at radius 2 is 1.82 bits per heavy atom. The third kappa shape index (κ3) is 1.90. The molecule has 1 aliphatic heterocycles. The number of nitrogens with zero attached hydrogens (tertiary/aromatic N) is 1. The molecule has 2 fully saturated rings. The summed E-state index contributed by atoms with van der Waals surface area (Å²) in [6.07, 6.45) is 7.18. The van der Waals surface area contributed by atoms with Gasteiger partial charge in [-0.25, -0.2) is 0 Å². The average Bonchev–Trinajstić information content (AvgIpc) is 2.31. The van der Waals surface area contributed by atoms with Crippen LogP contribution in [-0.2, 0) is 0 Å². The Labute approximate surface area is 104 Å². The molecule has 2 N–H and O–H groups in total. The number of benzene rings is 1. The number of nitrogen functional groups attached to an aromatic ring is 1. The van der Waals surface area contributed by atoms with Crippen LogP contribution in [0.5, 0.6) is 0 Å². The predicted octanol–water partition coefficient (Wildman–Crippen LogP) is 3.35. The summed E-state index contributed by atoms with van der Waals surface area (Å²) in [4.78, 5) is 2.49. The van der Waals surface area contributed by atoms with Crippen molar-refractivity contribution in [2.45, 2.75) is 39.0 Å². The lowest BCUT2D eigenvalue weighted by Gasteiger charge is -2.53. The molecule has 0 radical (unpaired) electrons. The van der Waals surface area contributed by atoms with Crippen LogP contribution in [0.1, 0.15) is 37.7 Å². The molecule has 0 atom stereocenters. The molecule has 1 saturated heterocycles. The van der Waals surface area contributed by atoms with Gasteiger partial charge in [-0.15, -0.1) is 0 Å². The van der Waals surface area contributed by atoms with Crippen LogP contribution in [-0.4, -0.2) is 13.1 Å². The molecule has 92 valence electrons. The molecular formula is C15H22N2. The first-order valence-corrected chi connectivity index (χ1v) is 6.80. The van der Waals surface area contributed by atoms with Crippen molar-refractivity contribution in [3.8, 4) is 0 Å². The van der Waals surface area contributed by atoms with Crippen molar-refractivity contribution in [3.05, 3.63) is 23.8 Å². The highest BCUT2D eigenvalue weighted by molar-refractivity contribution is 5.61. The highest BCUT2D eigenvalue weighted by Crippen LogP contribution is 2.45. The molecule has 2 heteroatoms. The minimum atomic E-state index is 0.651. The fraction of sp³-hybridized carbons (Fsp3) is 0.600. The molecule has 2 aliphatic rings. The molecule has 1 saturated carbocycles. The van der Waals surface area contributed by atoms with Crippen molar-refractivity contribution >= 4 is 11.4 Å². The van der Waals surface area contributed by atoms with E-state index in [2.05, 4.69) is 30.0 Å². The van der Waals surface area contributed by atoms with Crippen molar-refractivity contribution in [2.24, 2.45) is 5.41 Å². The topological polar surface area (TPSA) is 29.3 Å². The van der Waals surface area contributed by atoms with Gasteiger partial charge in [-0.1, -0.05) is 25.3 Å². The number of hydrogen-bond donors (Lipinski definition) is 1. The van der Waals surface area contributed by atoms with Crippen LogP contribution >= 0.6 is 0 Å². The first kappa shape index (κ1) is 10.9. The van der Waals surface area contributed by atoms with Crippen LogP contribution in [0.15, 0.2) is 18.2 Å². The summed E-state index contributed by atoms with van der Waals surface area (Å²) in [5, 5.41) is 0. The highest BCUT2D eigenvalue weighted by Gasteiger charge is 2.43. The van der Waals surface area contributed by atoms with Crippen molar-refractivity contribution in [2.75, 3.05) is 23.7 Å². The standard InChI is InChI=1S/C15H22N2/c1-12-5-6-13(9-14(12)16)17-10-15(11-17)7-3-2-4-8-15/h5-6,9H,2-4,7-8,10-11,16H2,1H3. The largest absolute Gasteiger partial charge is 0.398 e. The second kappa shape index (κ2) is 3.94. The minimum absolute atomic E-state index is 0.651. The Morgan fingerprint density at radius 1 is 1.12 bits per heavy atom. The number of nitrogens with two attached hydrogens (primary N) is 1. The molecule has 0 amide bonds. The normalized spacial score (nSPS) is 22.5. The number of rotatable bonds is 1. The third-order valence-corrected chi connectivity index (χ3v) is 4.59. The monoisotopic (exact) mass is 230 g/mol. The van der Waals surface area contributed by atoms with Gasteiger partial charge in [0.2, 0.25) is 0 Å². The molecule has 0 aromatic heterocycles. The van der Waals surface area contributed by atoms with E-state index >= 15 is 0 Å². The lowest BCUT2D eigenvalue weighted by Crippen LogP contribution is -2.57. The van der Waals surface area contributed by atoms with Crippen molar-refractivity contribution in [1.82, 2.24) is 0 Å². The van der Waals surface area contributed by atoms with Gasteiger partial charge < -0.3 is 10.6 Å². The second-order valence-electron chi connectivity index (χ2n) is 5.96. The molecule has 0 bridgehead atoms. The second-order valence-corrected chi connectivity index (χ2v) is 5.96. The first-order valence-electron chi connectivity index (χ1n) is 6.80. The Morgan fingerprint density at radius 3 is 2.47 bits per heavy atom. The van der Waals surface area contributed by atoms with Crippen molar-refractivity contribution < 1.29 is 0 Å². The van der Waals surface area contributed by atoms with E-state index in [4.69, 9.17) is 5.73 Å². The Balaban J connectivity index is 1.70. The minimum Gasteiger partial charge on any atom is -0.398 e. The number of aryl methyl sites for hydroxylation is 1. The molecule has 1 heterocycles. The van der Waals surface area contributed by atoms with Crippen LogP contribution < -0.4 is 10.6 Å². The average molecular weight is 230 g/mol. The van der Waals surface area contributed by atoms with E-state index in [-0.39, 0.29) is 0 Å². The summed E-state index contributed by atoms with van der Waals surface area (Å²) in [5.41, 5.74) is 10.0. The maximum Gasteiger partial charge on any atom is 0.0387 e. The summed E-state index contributed by atoms with van der Waals surface area (Å²) in [6.45, 7) is 4.56. The van der Waals surface area contributed by atoms with Gasteiger partial charge in [-0.05, 0) is 37.5 Å². The van der Waals surface area contributed by atoms with E-state index in [1.165, 1.54) is 56.4 Å². The first-order chi connectivity index (χ1) is 8.19. The number of anilines is 2. The molecule has 1 aliphatic carbocycles. The summed E-state index contributed by atoms with van der Waals surface area (Å²) < 4.78 is 0. The fourth-order valence-electron chi connectivity index (χ4n) is 3.39. The van der Waals surface area contributed by atoms with Gasteiger partial charge in [-0.3, -0.25) is 0 Å². The SMILES string of the molecule is Cc1ccc(N2CC3(CCCCC3)C2)cc1N. The zero-order valence-electron chi connectivity index (χ0n) is 10.7. The molecule has 1 spiro atoms. The molecular weight excluding hydrogens is 208 g/mol. The summed E-state index contributed by atoms with van der Waals surface area (Å²) in [7, 11) is 0. The maximum atomic E-state index is 5.98. The fourth-order valence-corrected chi connectivity index (χ4v) is 3.39. The Kier molecular flexibility index (Phi) is 2.53. The smallest absolute Gasteiger partial charge is 0.0387 e. The molecule has 1 aromatic rings.